The van der Waals surface area contributed by atoms with Crippen molar-refractivity contribution in [3.8, 4) is 0 Å². The van der Waals surface area contributed by atoms with Crippen LogP contribution in [0.3, 0.4) is 0 Å². The third-order valence-electron chi connectivity index (χ3n) is 4.20. The highest BCUT2D eigenvalue weighted by molar-refractivity contribution is 14.0. The van der Waals surface area contributed by atoms with Crippen LogP contribution in [0.4, 0.5) is 5.69 Å². The van der Waals surface area contributed by atoms with Crippen LogP contribution in [-0.4, -0.2) is 34.2 Å². The zero-order chi connectivity index (χ0) is 19.6. The molecule has 0 saturated carbocycles. The van der Waals surface area contributed by atoms with Gasteiger partial charge in [-0.05, 0) is 43.5 Å². The van der Waals surface area contributed by atoms with Gasteiger partial charge in [-0.1, -0.05) is 26.0 Å². The zero-order valence-corrected chi connectivity index (χ0v) is 19.3. The molecule has 0 fully saturated rings. The number of anilines is 1. The van der Waals surface area contributed by atoms with Gasteiger partial charge in [0.05, 0.1) is 6.54 Å². The maximum absolute atomic E-state index is 12.1. The van der Waals surface area contributed by atoms with Crippen molar-refractivity contribution in [3.05, 3.63) is 48.3 Å². The fourth-order valence-electron chi connectivity index (χ4n) is 2.36. The molecule has 0 saturated heterocycles. The highest BCUT2D eigenvalue weighted by atomic mass is 127. The first-order valence-corrected chi connectivity index (χ1v) is 9.39. The molecule has 7 nitrogen and oxygen atoms in total. The lowest BCUT2D eigenvalue weighted by Crippen LogP contribution is -2.44. The van der Waals surface area contributed by atoms with Crippen molar-refractivity contribution in [2.45, 2.75) is 46.8 Å². The number of guanidine groups is 1. The Bertz CT molecular complexity index is 745. The van der Waals surface area contributed by atoms with Gasteiger partial charge in [0.1, 0.15) is 6.54 Å². The summed E-state index contributed by atoms with van der Waals surface area (Å²) >= 11 is 0. The van der Waals surface area contributed by atoms with Crippen LogP contribution in [0.5, 0.6) is 0 Å². The molecule has 1 aromatic carbocycles. The van der Waals surface area contributed by atoms with Crippen molar-refractivity contribution in [2.24, 2.45) is 10.9 Å². The standard InChI is InChI=1S/C20H30N6O.HI/c1-5-21-20(24-16(4)15(2)3)22-13-17-8-6-9-18(12-17)25-19(27)14-26-11-7-10-23-26;/h6-12,15-16H,5,13-14H2,1-4H3,(H,25,27)(H2,21,22,24);1H. The third-order valence-corrected chi connectivity index (χ3v) is 4.20. The van der Waals surface area contributed by atoms with E-state index in [1.165, 1.54) is 0 Å². The Labute approximate surface area is 184 Å². The van der Waals surface area contributed by atoms with Crippen molar-refractivity contribution in [1.82, 2.24) is 20.4 Å². The molecule has 154 valence electrons. The van der Waals surface area contributed by atoms with Crippen LogP contribution in [0.15, 0.2) is 47.7 Å². The lowest BCUT2D eigenvalue weighted by molar-refractivity contribution is -0.116. The number of carbonyl (C=O) groups is 1. The number of halogens is 1. The monoisotopic (exact) mass is 498 g/mol. The molecule has 0 radical (unpaired) electrons. The summed E-state index contributed by atoms with van der Waals surface area (Å²) in [5.74, 6) is 1.20. The molecule has 1 amide bonds. The lowest BCUT2D eigenvalue weighted by Gasteiger charge is -2.20. The minimum atomic E-state index is -0.111. The molecule has 2 aromatic rings. The first kappa shape index (κ1) is 23.9. The summed E-state index contributed by atoms with van der Waals surface area (Å²) in [5.41, 5.74) is 1.79. The normalized spacial score (nSPS) is 12.2. The number of benzene rings is 1. The number of aromatic nitrogens is 2. The lowest BCUT2D eigenvalue weighted by atomic mass is 10.1. The van der Waals surface area contributed by atoms with Gasteiger partial charge in [-0.15, -0.1) is 24.0 Å². The van der Waals surface area contributed by atoms with Crippen LogP contribution in [-0.2, 0) is 17.9 Å². The summed E-state index contributed by atoms with van der Waals surface area (Å²) in [6, 6.07) is 9.87. The van der Waals surface area contributed by atoms with Crippen LogP contribution in [0.2, 0.25) is 0 Å². The van der Waals surface area contributed by atoms with E-state index >= 15 is 0 Å². The summed E-state index contributed by atoms with van der Waals surface area (Å²) in [5, 5.41) is 13.6. The molecular weight excluding hydrogens is 467 g/mol. The van der Waals surface area contributed by atoms with Gasteiger partial charge >= 0.3 is 0 Å². The van der Waals surface area contributed by atoms with Crippen LogP contribution < -0.4 is 16.0 Å². The molecule has 2 rings (SSSR count). The zero-order valence-electron chi connectivity index (χ0n) is 17.0. The average molecular weight is 498 g/mol. The van der Waals surface area contributed by atoms with E-state index in [1.807, 2.05) is 31.2 Å². The second-order valence-corrected chi connectivity index (χ2v) is 6.82. The Morgan fingerprint density at radius 2 is 2.04 bits per heavy atom. The highest BCUT2D eigenvalue weighted by Gasteiger charge is 2.09. The molecule has 0 aliphatic heterocycles. The maximum atomic E-state index is 12.1. The van der Waals surface area contributed by atoms with E-state index in [4.69, 9.17) is 0 Å². The highest BCUT2D eigenvalue weighted by Crippen LogP contribution is 2.12. The van der Waals surface area contributed by atoms with Crippen molar-refractivity contribution in [1.29, 1.82) is 0 Å². The fraction of sp³-hybridized carbons (Fsp3) is 0.450. The topological polar surface area (TPSA) is 83.3 Å². The first-order valence-electron chi connectivity index (χ1n) is 9.39. The first-order chi connectivity index (χ1) is 13.0. The van der Waals surface area contributed by atoms with E-state index < -0.39 is 0 Å². The van der Waals surface area contributed by atoms with Gasteiger partial charge in [-0.2, -0.15) is 5.10 Å². The molecule has 3 N–H and O–H groups in total. The second-order valence-electron chi connectivity index (χ2n) is 6.82. The molecule has 0 bridgehead atoms. The molecular formula is C20H31IN6O. The second kappa shape index (κ2) is 12.4. The largest absolute Gasteiger partial charge is 0.357 e. The van der Waals surface area contributed by atoms with Gasteiger partial charge in [-0.25, -0.2) is 4.99 Å². The van der Waals surface area contributed by atoms with Crippen molar-refractivity contribution in [2.75, 3.05) is 11.9 Å². The predicted molar refractivity (Wildman–Crippen MR) is 125 cm³/mol. The molecule has 28 heavy (non-hydrogen) atoms. The maximum Gasteiger partial charge on any atom is 0.246 e. The fourth-order valence-corrected chi connectivity index (χ4v) is 2.36. The van der Waals surface area contributed by atoms with Crippen molar-refractivity contribution in [3.63, 3.8) is 0 Å². The van der Waals surface area contributed by atoms with E-state index in [-0.39, 0.29) is 36.4 Å². The Morgan fingerprint density at radius 1 is 1.25 bits per heavy atom. The molecule has 1 heterocycles. The number of nitrogens with one attached hydrogen (secondary N) is 3. The number of aliphatic imine (C=N–C) groups is 1. The SMILES string of the molecule is CCNC(=NCc1cccc(NC(=O)Cn2cccn2)c1)NC(C)C(C)C.I. The molecule has 0 spiro atoms. The van der Waals surface area contributed by atoms with Gasteiger partial charge in [0.15, 0.2) is 5.96 Å². The van der Waals surface area contributed by atoms with Crippen LogP contribution in [0.25, 0.3) is 0 Å². The quantitative estimate of drug-likeness (QED) is 0.297. The number of hydrogen-bond acceptors (Lipinski definition) is 3. The number of hydrogen-bond donors (Lipinski definition) is 3. The summed E-state index contributed by atoms with van der Waals surface area (Å²) in [6.45, 7) is 10.1. The Balaban J connectivity index is 0.00000392. The Kier molecular flexibility index (Phi) is 10.6. The van der Waals surface area contributed by atoms with E-state index in [2.05, 4.69) is 46.8 Å². The number of carbonyl (C=O) groups excluding carboxylic acids is 1. The van der Waals surface area contributed by atoms with Gasteiger partial charge in [-0.3, -0.25) is 9.48 Å². The van der Waals surface area contributed by atoms with Crippen LogP contribution in [0, 0.1) is 5.92 Å². The summed E-state index contributed by atoms with van der Waals surface area (Å²) in [4.78, 5) is 16.8. The van der Waals surface area contributed by atoms with Crippen molar-refractivity contribution >= 4 is 41.5 Å². The molecule has 1 unspecified atom stereocenters. The smallest absolute Gasteiger partial charge is 0.246 e. The average Bonchev–Trinajstić information content (AvgIpc) is 3.12. The number of nitrogens with zero attached hydrogens (tertiary/aromatic N) is 3. The molecule has 1 aromatic heterocycles. The minimum absolute atomic E-state index is 0. The van der Waals surface area contributed by atoms with Crippen LogP contribution in [0.1, 0.15) is 33.3 Å². The number of rotatable bonds is 8. The van der Waals surface area contributed by atoms with Gasteiger partial charge in [0.25, 0.3) is 0 Å². The molecule has 8 heteroatoms. The van der Waals surface area contributed by atoms with Gasteiger partial charge in [0, 0.05) is 30.7 Å². The molecule has 1 atom stereocenters. The minimum Gasteiger partial charge on any atom is -0.357 e. The molecule has 0 aliphatic rings. The third kappa shape index (κ3) is 8.28. The Hall–Kier alpha value is -2.10. The van der Waals surface area contributed by atoms with Crippen LogP contribution >= 0.6 is 24.0 Å². The summed E-state index contributed by atoms with van der Waals surface area (Å²) in [6.07, 6.45) is 3.42. The number of amides is 1. The van der Waals surface area contributed by atoms with E-state index in [0.29, 0.717) is 18.5 Å². The van der Waals surface area contributed by atoms with Gasteiger partial charge < -0.3 is 16.0 Å². The summed E-state index contributed by atoms with van der Waals surface area (Å²) in [7, 11) is 0. The van der Waals surface area contributed by atoms with E-state index in [9.17, 15) is 4.79 Å². The summed E-state index contributed by atoms with van der Waals surface area (Å²) < 4.78 is 1.59. The predicted octanol–water partition coefficient (Wildman–Crippen LogP) is 3.24. The van der Waals surface area contributed by atoms with Gasteiger partial charge in [0.2, 0.25) is 5.91 Å². The molecule has 0 aliphatic carbocycles. The van der Waals surface area contributed by atoms with E-state index in [0.717, 1.165) is 23.8 Å². The van der Waals surface area contributed by atoms with Crippen molar-refractivity contribution < 1.29 is 4.79 Å². The Morgan fingerprint density at radius 3 is 2.68 bits per heavy atom. The van der Waals surface area contributed by atoms with E-state index in [1.54, 1.807) is 23.1 Å².